The molecule has 0 saturated heterocycles. The van der Waals surface area contributed by atoms with Crippen LogP contribution >= 0.6 is 0 Å². The van der Waals surface area contributed by atoms with Gasteiger partial charge in [-0.1, -0.05) is 12.8 Å². The van der Waals surface area contributed by atoms with Crippen molar-refractivity contribution in [3.63, 3.8) is 0 Å². The molecule has 0 aliphatic heterocycles. The Bertz CT molecular complexity index is 389. The van der Waals surface area contributed by atoms with Gasteiger partial charge in [0, 0.05) is 24.3 Å². The van der Waals surface area contributed by atoms with E-state index in [0.717, 1.165) is 12.8 Å². The van der Waals surface area contributed by atoms with Crippen molar-refractivity contribution in [1.82, 2.24) is 9.78 Å². The Morgan fingerprint density at radius 3 is 2.44 bits per heavy atom. The molecule has 0 spiro atoms. The summed E-state index contributed by atoms with van der Waals surface area (Å²) in [6.45, 7) is 0. The fourth-order valence-electron chi connectivity index (χ4n) is 2.34. The van der Waals surface area contributed by atoms with E-state index in [0.29, 0.717) is 12.8 Å². The van der Waals surface area contributed by atoms with Crippen molar-refractivity contribution in [2.45, 2.75) is 37.4 Å². The first kappa shape index (κ1) is 11.4. The molecule has 1 fully saturated rings. The van der Waals surface area contributed by atoms with E-state index >= 15 is 0 Å². The van der Waals surface area contributed by atoms with Crippen LogP contribution in [0.15, 0.2) is 6.20 Å². The number of alkyl halides is 3. The fourth-order valence-corrected chi connectivity index (χ4v) is 2.34. The molecule has 1 saturated carbocycles. The van der Waals surface area contributed by atoms with Gasteiger partial charge in [0.2, 0.25) is 0 Å². The molecule has 0 radical (unpaired) electrons. The van der Waals surface area contributed by atoms with E-state index in [9.17, 15) is 13.2 Å². The van der Waals surface area contributed by atoms with E-state index < -0.39 is 17.4 Å². The van der Waals surface area contributed by atoms with Gasteiger partial charge >= 0.3 is 6.18 Å². The number of rotatable bonds is 1. The summed E-state index contributed by atoms with van der Waals surface area (Å²) >= 11 is 0. The Balaban J connectivity index is 2.48. The lowest BCUT2D eigenvalue weighted by Gasteiger charge is -2.23. The predicted molar refractivity (Wildman–Crippen MR) is 52.5 cm³/mol. The lowest BCUT2D eigenvalue weighted by molar-refractivity contribution is -0.142. The molecule has 1 aliphatic carbocycles. The minimum Gasteiger partial charge on any atom is -0.321 e. The third-order valence-electron chi connectivity index (χ3n) is 3.13. The van der Waals surface area contributed by atoms with Gasteiger partial charge in [-0.2, -0.15) is 18.3 Å². The van der Waals surface area contributed by atoms with Gasteiger partial charge in [0.1, 0.15) is 0 Å². The molecule has 3 nitrogen and oxygen atoms in total. The molecule has 0 aromatic carbocycles. The van der Waals surface area contributed by atoms with Crippen LogP contribution in [0.25, 0.3) is 0 Å². The van der Waals surface area contributed by atoms with Crippen LogP contribution in [0.1, 0.15) is 36.9 Å². The molecular weight excluding hydrogens is 219 g/mol. The Morgan fingerprint density at radius 1 is 1.38 bits per heavy atom. The van der Waals surface area contributed by atoms with E-state index in [1.807, 2.05) is 0 Å². The van der Waals surface area contributed by atoms with Crippen LogP contribution in [0, 0.1) is 0 Å². The molecular formula is C10H14F3N3. The van der Waals surface area contributed by atoms with Crippen molar-refractivity contribution in [3.05, 3.63) is 17.5 Å². The lowest BCUT2D eigenvalue weighted by atomic mass is 9.89. The Morgan fingerprint density at radius 2 is 1.94 bits per heavy atom. The van der Waals surface area contributed by atoms with Crippen molar-refractivity contribution in [2.75, 3.05) is 0 Å². The predicted octanol–water partition coefficient (Wildman–Crippen LogP) is 2.17. The largest absolute Gasteiger partial charge is 0.435 e. The highest BCUT2D eigenvalue weighted by Crippen LogP contribution is 2.42. The highest BCUT2D eigenvalue weighted by molar-refractivity contribution is 5.29. The molecule has 90 valence electrons. The highest BCUT2D eigenvalue weighted by atomic mass is 19.4. The molecule has 0 unspecified atom stereocenters. The average Bonchev–Trinajstić information content (AvgIpc) is 2.71. The number of hydrogen-bond donors (Lipinski definition) is 1. The summed E-state index contributed by atoms with van der Waals surface area (Å²) in [5.41, 5.74) is 4.49. The third kappa shape index (κ3) is 1.81. The van der Waals surface area contributed by atoms with Crippen molar-refractivity contribution in [2.24, 2.45) is 12.8 Å². The van der Waals surface area contributed by atoms with Crippen molar-refractivity contribution >= 4 is 0 Å². The third-order valence-corrected chi connectivity index (χ3v) is 3.13. The van der Waals surface area contributed by atoms with Crippen LogP contribution < -0.4 is 5.73 Å². The van der Waals surface area contributed by atoms with Gasteiger partial charge in [-0.3, -0.25) is 4.68 Å². The highest BCUT2D eigenvalue weighted by Gasteiger charge is 2.44. The molecule has 1 heterocycles. The topological polar surface area (TPSA) is 43.8 Å². The Kier molecular flexibility index (Phi) is 2.49. The molecule has 2 rings (SSSR count). The zero-order valence-electron chi connectivity index (χ0n) is 9.01. The minimum absolute atomic E-state index is 0.139. The van der Waals surface area contributed by atoms with Crippen LogP contribution in [0.3, 0.4) is 0 Å². The van der Waals surface area contributed by atoms with Gasteiger partial charge in [0.15, 0.2) is 5.69 Å². The fraction of sp³-hybridized carbons (Fsp3) is 0.700. The second kappa shape index (κ2) is 3.48. The van der Waals surface area contributed by atoms with E-state index in [1.54, 1.807) is 0 Å². The number of nitrogens with zero attached hydrogens (tertiary/aromatic N) is 2. The smallest absolute Gasteiger partial charge is 0.321 e. The summed E-state index contributed by atoms with van der Waals surface area (Å²) in [5.74, 6) is 0. The summed E-state index contributed by atoms with van der Waals surface area (Å²) in [7, 11) is 1.48. The van der Waals surface area contributed by atoms with Crippen LogP contribution in [0.5, 0.6) is 0 Å². The monoisotopic (exact) mass is 233 g/mol. The van der Waals surface area contributed by atoms with E-state index in [-0.39, 0.29) is 5.56 Å². The van der Waals surface area contributed by atoms with Gasteiger partial charge in [0.05, 0.1) is 0 Å². The molecule has 1 aromatic rings. The standard InChI is InChI=1S/C10H14F3N3/c1-16-6-7(8(15-16)10(11,12)13)9(14)4-2-3-5-9/h6H,2-5,14H2,1H3. The zero-order chi connectivity index (χ0) is 12.0. The summed E-state index contributed by atoms with van der Waals surface area (Å²) in [5, 5.41) is 3.48. The number of nitrogens with two attached hydrogens (primary N) is 1. The molecule has 1 aromatic heterocycles. The molecule has 6 heteroatoms. The number of aromatic nitrogens is 2. The normalized spacial score (nSPS) is 20.3. The maximum atomic E-state index is 12.8. The molecule has 1 aliphatic rings. The average molecular weight is 233 g/mol. The van der Waals surface area contributed by atoms with Gasteiger partial charge in [-0.15, -0.1) is 0 Å². The summed E-state index contributed by atoms with van der Waals surface area (Å²) < 4.78 is 39.4. The zero-order valence-corrected chi connectivity index (χ0v) is 9.01. The SMILES string of the molecule is Cn1cc(C2(N)CCCC2)c(C(F)(F)F)n1. The number of halogens is 3. The first-order valence-corrected chi connectivity index (χ1v) is 5.23. The molecule has 2 N–H and O–H groups in total. The lowest BCUT2D eigenvalue weighted by Crippen LogP contribution is -2.35. The Hall–Kier alpha value is -1.04. The van der Waals surface area contributed by atoms with Crippen LogP contribution in [-0.4, -0.2) is 9.78 Å². The summed E-state index contributed by atoms with van der Waals surface area (Å²) in [6.07, 6.45) is -0.0748. The minimum atomic E-state index is -4.43. The number of hydrogen-bond acceptors (Lipinski definition) is 2. The summed E-state index contributed by atoms with van der Waals surface area (Å²) in [6, 6.07) is 0. The second-order valence-corrected chi connectivity index (χ2v) is 4.43. The number of aryl methyl sites for hydroxylation is 1. The van der Waals surface area contributed by atoms with Crippen LogP contribution in [-0.2, 0) is 18.8 Å². The van der Waals surface area contributed by atoms with Gasteiger partial charge in [-0.25, -0.2) is 0 Å². The van der Waals surface area contributed by atoms with Gasteiger partial charge in [-0.05, 0) is 12.8 Å². The maximum absolute atomic E-state index is 12.8. The van der Waals surface area contributed by atoms with Gasteiger partial charge in [0.25, 0.3) is 0 Å². The van der Waals surface area contributed by atoms with Crippen molar-refractivity contribution in [1.29, 1.82) is 0 Å². The molecule has 0 bridgehead atoms. The second-order valence-electron chi connectivity index (χ2n) is 4.43. The summed E-state index contributed by atoms with van der Waals surface area (Å²) in [4.78, 5) is 0. The molecule has 16 heavy (non-hydrogen) atoms. The van der Waals surface area contributed by atoms with Crippen molar-refractivity contribution in [3.8, 4) is 0 Å². The molecule has 0 amide bonds. The maximum Gasteiger partial charge on any atom is 0.435 e. The van der Waals surface area contributed by atoms with E-state index in [4.69, 9.17) is 5.73 Å². The first-order valence-electron chi connectivity index (χ1n) is 5.23. The molecule has 0 atom stereocenters. The quantitative estimate of drug-likeness (QED) is 0.807. The van der Waals surface area contributed by atoms with E-state index in [1.165, 1.54) is 17.9 Å². The van der Waals surface area contributed by atoms with Crippen molar-refractivity contribution < 1.29 is 13.2 Å². The van der Waals surface area contributed by atoms with Crippen LogP contribution in [0.4, 0.5) is 13.2 Å². The van der Waals surface area contributed by atoms with E-state index in [2.05, 4.69) is 5.10 Å². The Labute approximate surface area is 91.4 Å². The first-order chi connectivity index (χ1) is 7.33. The van der Waals surface area contributed by atoms with Crippen LogP contribution in [0.2, 0.25) is 0 Å². The van der Waals surface area contributed by atoms with Gasteiger partial charge < -0.3 is 5.73 Å².